The molecule has 1 aliphatic rings. The van der Waals surface area contributed by atoms with Crippen LogP contribution in [0.1, 0.15) is 25.7 Å². The molecule has 1 fully saturated rings. The summed E-state index contributed by atoms with van der Waals surface area (Å²) in [5.74, 6) is -2.42. The predicted octanol–water partition coefficient (Wildman–Crippen LogP) is 2.43. The fourth-order valence-electron chi connectivity index (χ4n) is 2.78. The molecule has 2 unspecified atom stereocenters. The smallest absolute Gasteiger partial charge is 0.313 e. The minimum absolute atomic E-state index is 0.0298. The molecule has 0 saturated heterocycles. The van der Waals surface area contributed by atoms with E-state index in [9.17, 15) is 19.1 Å². The zero-order valence-corrected chi connectivity index (χ0v) is 13.6. The monoisotopic (exact) mass is 342 g/mol. The molecule has 126 valence electrons. The summed E-state index contributed by atoms with van der Waals surface area (Å²) in [6, 6.07) is 3.78. The first-order valence-electron chi connectivity index (χ1n) is 7.58. The van der Waals surface area contributed by atoms with Gasteiger partial charge in [-0.05, 0) is 31.0 Å². The maximum Gasteiger partial charge on any atom is 0.313 e. The SMILES string of the molecule is CN(CC1CCCCC1O)C(=O)C(=O)Nc1ccc(Cl)cc1F. The van der Waals surface area contributed by atoms with E-state index in [0.29, 0.717) is 6.54 Å². The summed E-state index contributed by atoms with van der Waals surface area (Å²) < 4.78 is 13.6. The summed E-state index contributed by atoms with van der Waals surface area (Å²) in [5, 5.41) is 12.4. The van der Waals surface area contributed by atoms with Crippen LogP contribution in [-0.2, 0) is 9.59 Å². The Kier molecular flexibility index (Phi) is 5.96. The molecule has 1 saturated carbocycles. The van der Waals surface area contributed by atoms with E-state index >= 15 is 0 Å². The second-order valence-corrected chi connectivity index (χ2v) is 6.31. The van der Waals surface area contributed by atoms with Gasteiger partial charge in [0.25, 0.3) is 0 Å². The second-order valence-electron chi connectivity index (χ2n) is 5.88. The van der Waals surface area contributed by atoms with Crippen LogP contribution in [0.3, 0.4) is 0 Å². The summed E-state index contributed by atoms with van der Waals surface area (Å²) in [6.07, 6.45) is 3.08. The zero-order valence-electron chi connectivity index (χ0n) is 12.9. The van der Waals surface area contributed by atoms with Crippen LogP contribution in [0, 0.1) is 11.7 Å². The van der Waals surface area contributed by atoms with Crippen molar-refractivity contribution >= 4 is 29.1 Å². The predicted molar refractivity (Wildman–Crippen MR) is 85.6 cm³/mol. The van der Waals surface area contributed by atoms with Crippen molar-refractivity contribution in [2.45, 2.75) is 31.8 Å². The van der Waals surface area contributed by atoms with E-state index in [4.69, 9.17) is 11.6 Å². The third-order valence-electron chi connectivity index (χ3n) is 4.10. The fraction of sp³-hybridized carbons (Fsp3) is 0.500. The Hall–Kier alpha value is -1.66. The standard InChI is InChI=1S/C16H20ClFN2O3/c1-20(9-10-4-2-3-5-14(10)21)16(23)15(22)19-13-7-6-11(17)8-12(13)18/h6-8,10,14,21H,2-5,9H2,1H3,(H,19,22). The number of nitrogens with one attached hydrogen (secondary N) is 1. The molecule has 0 heterocycles. The molecule has 2 amide bonds. The van der Waals surface area contributed by atoms with E-state index < -0.39 is 23.7 Å². The highest BCUT2D eigenvalue weighted by molar-refractivity contribution is 6.39. The molecule has 2 N–H and O–H groups in total. The molecule has 7 heteroatoms. The van der Waals surface area contributed by atoms with Gasteiger partial charge in [-0.15, -0.1) is 0 Å². The first-order chi connectivity index (χ1) is 10.9. The number of carbonyl (C=O) groups is 2. The van der Waals surface area contributed by atoms with E-state index in [0.717, 1.165) is 31.7 Å². The van der Waals surface area contributed by atoms with Gasteiger partial charge >= 0.3 is 11.8 Å². The number of amides is 2. The van der Waals surface area contributed by atoms with E-state index in [1.165, 1.54) is 24.1 Å². The highest BCUT2D eigenvalue weighted by Gasteiger charge is 2.28. The van der Waals surface area contributed by atoms with Crippen molar-refractivity contribution in [3.63, 3.8) is 0 Å². The summed E-state index contributed by atoms with van der Waals surface area (Å²) in [4.78, 5) is 25.3. The molecule has 5 nitrogen and oxygen atoms in total. The number of carbonyl (C=O) groups excluding carboxylic acids is 2. The Labute approximate surface area is 139 Å². The van der Waals surface area contributed by atoms with Crippen molar-refractivity contribution in [1.82, 2.24) is 4.90 Å². The minimum atomic E-state index is -0.918. The van der Waals surface area contributed by atoms with Gasteiger partial charge in [-0.25, -0.2) is 4.39 Å². The molecule has 1 aliphatic carbocycles. The van der Waals surface area contributed by atoms with Crippen LogP contribution in [0.4, 0.5) is 10.1 Å². The van der Waals surface area contributed by atoms with Crippen LogP contribution in [-0.4, -0.2) is 41.5 Å². The van der Waals surface area contributed by atoms with Crippen LogP contribution in [0.15, 0.2) is 18.2 Å². The lowest BCUT2D eigenvalue weighted by atomic mass is 9.86. The van der Waals surface area contributed by atoms with Crippen molar-refractivity contribution < 1.29 is 19.1 Å². The van der Waals surface area contributed by atoms with Gasteiger partial charge in [-0.2, -0.15) is 0 Å². The number of hydrogen-bond donors (Lipinski definition) is 2. The number of halogens is 2. The van der Waals surface area contributed by atoms with Crippen LogP contribution < -0.4 is 5.32 Å². The van der Waals surface area contributed by atoms with Gasteiger partial charge in [0.1, 0.15) is 5.82 Å². The molecule has 23 heavy (non-hydrogen) atoms. The van der Waals surface area contributed by atoms with Crippen molar-refractivity contribution in [3.05, 3.63) is 29.0 Å². The number of likely N-dealkylation sites (N-methyl/N-ethyl adjacent to an activating group) is 1. The molecule has 0 spiro atoms. The first-order valence-corrected chi connectivity index (χ1v) is 7.96. The lowest BCUT2D eigenvalue weighted by Gasteiger charge is -2.30. The number of nitrogens with zero attached hydrogens (tertiary/aromatic N) is 1. The average molecular weight is 343 g/mol. The third kappa shape index (κ3) is 4.65. The molecule has 0 bridgehead atoms. The topological polar surface area (TPSA) is 69.6 Å². The summed E-state index contributed by atoms with van der Waals surface area (Å²) in [6.45, 7) is 0.302. The zero-order chi connectivity index (χ0) is 17.0. The number of hydrogen-bond acceptors (Lipinski definition) is 3. The van der Waals surface area contributed by atoms with E-state index in [1.807, 2.05) is 0 Å². The van der Waals surface area contributed by atoms with Gasteiger partial charge in [0.15, 0.2) is 0 Å². The minimum Gasteiger partial charge on any atom is -0.393 e. The molecular weight excluding hydrogens is 323 g/mol. The van der Waals surface area contributed by atoms with Gasteiger partial charge in [-0.1, -0.05) is 24.4 Å². The third-order valence-corrected chi connectivity index (χ3v) is 4.33. The number of aliphatic hydroxyl groups excluding tert-OH is 1. The maximum atomic E-state index is 13.6. The maximum absolute atomic E-state index is 13.6. The molecule has 0 radical (unpaired) electrons. The molecular formula is C16H20ClFN2O3. The summed E-state index contributed by atoms with van der Waals surface area (Å²) in [5.41, 5.74) is -0.0983. The van der Waals surface area contributed by atoms with Gasteiger partial charge in [-0.3, -0.25) is 9.59 Å². The largest absolute Gasteiger partial charge is 0.393 e. The quantitative estimate of drug-likeness (QED) is 0.829. The highest BCUT2D eigenvalue weighted by atomic mass is 35.5. The average Bonchev–Trinajstić information content (AvgIpc) is 2.51. The molecule has 1 aromatic rings. The van der Waals surface area contributed by atoms with Gasteiger partial charge in [0, 0.05) is 24.5 Å². The van der Waals surface area contributed by atoms with Crippen LogP contribution >= 0.6 is 11.6 Å². The van der Waals surface area contributed by atoms with Crippen LogP contribution in [0.5, 0.6) is 0 Å². The first kappa shape index (κ1) is 17.7. The Balaban J connectivity index is 1.94. The number of rotatable bonds is 3. The van der Waals surface area contributed by atoms with Gasteiger partial charge < -0.3 is 15.3 Å². The van der Waals surface area contributed by atoms with Crippen molar-refractivity contribution in [3.8, 4) is 0 Å². The summed E-state index contributed by atoms with van der Waals surface area (Å²) >= 11 is 5.64. The fourth-order valence-corrected chi connectivity index (χ4v) is 2.93. The van der Waals surface area contributed by atoms with Crippen molar-refractivity contribution in [2.75, 3.05) is 18.9 Å². The number of benzene rings is 1. The molecule has 0 aromatic heterocycles. The van der Waals surface area contributed by atoms with Crippen molar-refractivity contribution in [1.29, 1.82) is 0 Å². The lowest BCUT2D eigenvalue weighted by Crippen LogP contribution is -2.42. The van der Waals surface area contributed by atoms with Gasteiger partial charge in [0.2, 0.25) is 0 Å². The highest BCUT2D eigenvalue weighted by Crippen LogP contribution is 2.25. The second kappa shape index (κ2) is 7.75. The molecule has 2 rings (SSSR count). The Morgan fingerprint density at radius 2 is 2.09 bits per heavy atom. The number of aliphatic hydroxyl groups is 1. The molecule has 2 atom stereocenters. The van der Waals surface area contributed by atoms with E-state index in [1.54, 1.807) is 0 Å². The molecule has 1 aromatic carbocycles. The van der Waals surface area contributed by atoms with Crippen molar-refractivity contribution in [2.24, 2.45) is 5.92 Å². The van der Waals surface area contributed by atoms with Crippen LogP contribution in [0.2, 0.25) is 5.02 Å². The Bertz CT molecular complexity index is 597. The van der Waals surface area contributed by atoms with E-state index in [-0.39, 0.29) is 16.6 Å². The Morgan fingerprint density at radius 1 is 1.39 bits per heavy atom. The van der Waals surface area contributed by atoms with Gasteiger partial charge in [0.05, 0.1) is 11.8 Å². The Morgan fingerprint density at radius 3 is 2.74 bits per heavy atom. The normalized spacial score (nSPS) is 20.9. The summed E-state index contributed by atoms with van der Waals surface area (Å²) in [7, 11) is 1.50. The molecule has 0 aliphatic heterocycles. The van der Waals surface area contributed by atoms with E-state index in [2.05, 4.69) is 5.32 Å². The number of anilines is 1. The lowest BCUT2D eigenvalue weighted by molar-refractivity contribution is -0.143. The van der Waals surface area contributed by atoms with Crippen LogP contribution in [0.25, 0.3) is 0 Å².